The van der Waals surface area contributed by atoms with Crippen molar-refractivity contribution >= 4 is 16.7 Å². The van der Waals surface area contributed by atoms with E-state index < -0.39 is 5.97 Å². The van der Waals surface area contributed by atoms with Crippen molar-refractivity contribution in [3.63, 3.8) is 0 Å². The molecule has 156 valence electrons. The number of carboxylic acids is 1. The molecule has 1 saturated carbocycles. The first-order chi connectivity index (χ1) is 13.9. The molecule has 4 heteroatoms. The molecule has 0 spiro atoms. The molecule has 2 aromatic carbocycles. The van der Waals surface area contributed by atoms with Gasteiger partial charge in [0.25, 0.3) is 0 Å². The lowest BCUT2D eigenvalue weighted by Crippen LogP contribution is -2.51. The molecule has 2 aliphatic rings. The third-order valence-electron chi connectivity index (χ3n) is 7.11. The first kappa shape index (κ1) is 20.2. The van der Waals surface area contributed by atoms with E-state index in [0.717, 1.165) is 30.4 Å². The van der Waals surface area contributed by atoms with Gasteiger partial charge in [-0.1, -0.05) is 38.1 Å². The molecular formula is C25H33NO3. The van der Waals surface area contributed by atoms with Crippen LogP contribution < -0.4 is 4.74 Å². The van der Waals surface area contributed by atoms with Gasteiger partial charge in [-0.15, -0.1) is 0 Å². The number of hydrogen-bond donors (Lipinski definition) is 1. The van der Waals surface area contributed by atoms with Crippen LogP contribution in [-0.4, -0.2) is 35.2 Å². The summed E-state index contributed by atoms with van der Waals surface area (Å²) < 4.78 is 6.44. The van der Waals surface area contributed by atoms with Crippen molar-refractivity contribution < 1.29 is 14.6 Å². The number of fused-ring (bicyclic) bond motifs is 1. The van der Waals surface area contributed by atoms with Crippen molar-refractivity contribution in [1.29, 1.82) is 0 Å². The van der Waals surface area contributed by atoms with Crippen LogP contribution in [0.4, 0.5) is 0 Å². The molecule has 1 atom stereocenters. The summed E-state index contributed by atoms with van der Waals surface area (Å²) in [5.41, 5.74) is 1.23. The Kier molecular flexibility index (Phi) is 5.82. The molecule has 1 unspecified atom stereocenters. The zero-order valence-electron chi connectivity index (χ0n) is 17.8. The molecule has 1 aliphatic carbocycles. The second kappa shape index (κ2) is 8.35. The number of aliphatic carboxylic acids is 1. The smallest absolute Gasteiger partial charge is 0.309 e. The van der Waals surface area contributed by atoms with Crippen molar-refractivity contribution in [3.8, 4) is 5.75 Å². The van der Waals surface area contributed by atoms with Crippen molar-refractivity contribution in [2.75, 3.05) is 13.1 Å². The molecule has 0 amide bonds. The van der Waals surface area contributed by atoms with E-state index >= 15 is 0 Å². The number of likely N-dealkylation sites (tertiary alicyclic amines) is 1. The molecule has 0 radical (unpaired) electrons. The number of nitrogens with zero attached hydrogens (tertiary/aromatic N) is 1. The van der Waals surface area contributed by atoms with Gasteiger partial charge in [0.05, 0.1) is 12.0 Å². The molecule has 1 heterocycles. The van der Waals surface area contributed by atoms with Gasteiger partial charge in [0.1, 0.15) is 5.75 Å². The molecule has 0 aromatic heterocycles. The second-order valence-corrected chi connectivity index (χ2v) is 9.30. The largest absolute Gasteiger partial charge is 0.490 e. The van der Waals surface area contributed by atoms with Crippen LogP contribution in [0.5, 0.6) is 5.75 Å². The lowest BCUT2D eigenvalue weighted by atomic mass is 9.80. The van der Waals surface area contributed by atoms with E-state index in [-0.39, 0.29) is 12.0 Å². The van der Waals surface area contributed by atoms with E-state index in [1.54, 1.807) is 0 Å². The van der Waals surface area contributed by atoms with Crippen molar-refractivity contribution in [3.05, 3.63) is 42.0 Å². The minimum Gasteiger partial charge on any atom is -0.490 e. The highest BCUT2D eigenvalue weighted by Crippen LogP contribution is 2.36. The molecule has 1 aliphatic heterocycles. The Morgan fingerprint density at radius 3 is 2.45 bits per heavy atom. The fraction of sp³-hybridized carbons (Fsp3) is 0.560. The molecule has 4 rings (SSSR count). The summed E-state index contributed by atoms with van der Waals surface area (Å²) in [5.74, 6) is 1.70. The third-order valence-corrected chi connectivity index (χ3v) is 7.11. The molecule has 0 bridgehead atoms. The van der Waals surface area contributed by atoms with Crippen molar-refractivity contribution in [2.24, 2.45) is 17.8 Å². The number of hydrogen-bond acceptors (Lipinski definition) is 3. The van der Waals surface area contributed by atoms with Crippen LogP contribution in [0, 0.1) is 17.8 Å². The summed E-state index contributed by atoms with van der Waals surface area (Å²) in [6.45, 7) is 8.09. The maximum atomic E-state index is 11.1. The fourth-order valence-corrected chi connectivity index (χ4v) is 4.88. The predicted molar refractivity (Wildman–Crippen MR) is 116 cm³/mol. The summed E-state index contributed by atoms with van der Waals surface area (Å²) in [7, 11) is 0. The molecular weight excluding hydrogens is 362 g/mol. The van der Waals surface area contributed by atoms with Crippen LogP contribution in [0.1, 0.15) is 58.1 Å². The number of rotatable bonds is 6. The quantitative estimate of drug-likeness (QED) is 0.700. The van der Waals surface area contributed by atoms with Crippen molar-refractivity contribution in [2.45, 2.75) is 58.6 Å². The summed E-state index contributed by atoms with van der Waals surface area (Å²) in [6.07, 6.45) is 5.15. The van der Waals surface area contributed by atoms with Gasteiger partial charge in [0.2, 0.25) is 0 Å². The Balaban J connectivity index is 1.45. The molecule has 4 nitrogen and oxygen atoms in total. The predicted octanol–water partition coefficient (Wildman–Crippen LogP) is 5.51. The highest BCUT2D eigenvalue weighted by atomic mass is 16.5. The zero-order valence-corrected chi connectivity index (χ0v) is 17.8. The summed E-state index contributed by atoms with van der Waals surface area (Å²) in [6, 6.07) is 13.1. The van der Waals surface area contributed by atoms with Crippen LogP contribution in [0.25, 0.3) is 10.8 Å². The first-order valence-corrected chi connectivity index (χ1v) is 11.1. The number of carbonyl (C=O) groups is 1. The molecule has 2 aromatic rings. The Hall–Kier alpha value is -2.07. The lowest BCUT2D eigenvalue weighted by molar-refractivity contribution is -0.148. The van der Waals surface area contributed by atoms with E-state index in [2.05, 4.69) is 62.1 Å². The van der Waals surface area contributed by atoms with Crippen LogP contribution >= 0.6 is 0 Å². The highest BCUT2D eigenvalue weighted by Gasteiger charge is 2.35. The second-order valence-electron chi connectivity index (χ2n) is 9.30. The number of benzene rings is 2. The van der Waals surface area contributed by atoms with Gasteiger partial charge in [-0.2, -0.15) is 0 Å². The van der Waals surface area contributed by atoms with Gasteiger partial charge in [-0.25, -0.2) is 0 Å². The fourth-order valence-electron chi connectivity index (χ4n) is 4.88. The van der Waals surface area contributed by atoms with Gasteiger partial charge in [0, 0.05) is 24.5 Å². The molecule has 1 saturated heterocycles. The van der Waals surface area contributed by atoms with E-state index in [0.29, 0.717) is 19.2 Å². The first-order valence-electron chi connectivity index (χ1n) is 11.1. The number of ether oxygens (including phenoxy) is 1. The normalized spacial score (nSPS) is 24.4. The molecule has 1 N–H and O–H groups in total. The molecule has 29 heavy (non-hydrogen) atoms. The average Bonchev–Trinajstić information content (AvgIpc) is 2.66. The standard InChI is InChI=1S/C25H33NO3/c1-16(2)18-7-10-22(11-8-18)29-24-6-4-5-20-13-19(9-12-23(20)24)17(3)26-14-21(15-26)25(27)28/h4-6,9,12-13,16-18,21-22H,7-8,10-11,14-15H2,1-3H3,(H,27,28). The van der Waals surface area contributed by atoms with E-state index in [4.69, 9.17) is 9.84 Å². The maximum Gasteiger partial charge on any atom is 0.309 e. The summed E-state index contributed by atoms with van der Waals surface area (Å²) in [4.78, 5) is 13.3. The van der Waals surface area contributed by atoms with Crippen LogP contribution in [0.2, 0.25) is 0 Å². The van der Waals surface area contributed by atoms with Crippen LogP contribution in [0.3, 0.4) is 0 Å². The number of carboxylic acid groups (broad SMARTS) is 1. The SMILES string of the molecule is CC(C)C1CCC(Oc2cccc3cc(C(C)N4CC(C(=O)O)C4)ccc23)CC1. The Morgan fingerprint density at radius 2 is 1.79 bits per heavy atom. The third kappa shape index (κ3) is 4.28. The van der Waals surface area contributed by atoms with Crippen LogP contribution in [-0.2, 0) is 4.79 Å². The zero-order chi connectivity index (χ0) is 20.5. The average molecular weight is 396 g/mol. The van der Waals surface area contributed by atoms with E-state index in [9.17, 15) is 4.79 Å². The van der Waals surface area contributed by atoms with Gasteiger partial charge in [-0.3, -0.25) is 9.69 Å². The summed E-state index contributed by atoms with van der Waals surface area (Å²) in [5, 5.41) is 11.5. The van der Waals surface area contributed by atoms with Gasteiger partial charge in [0.15, 0.2) is 0 Å². The minimum absolute atomic E-state index is 0.219. The maximum absolute atomic E-state index is 11.1. The van der Waals surface area contributed by atoms with Crippen LogP contribution in [0.15, 0.2) is 36.4 Å². The van der Waals surface area contributed by atoms with Gasteiger partial charge < -0.3 is 9.84 Å². The monoisotopic (exact) mass is 395 g/mol. The van der Waals surface area contributed by atoms with Gasteiger partial charge in [-0.05, 0) is 67.5 Å². The molecule has 2 fully saturated rings. The lowest BCUT2D eigenvalue weighted by Gasteiger charge is -2.41. The van der Waals surface area contributed by atoms with E-state index in [1.165, 1.54) is 29.2 Å². The Labute approximate surface area is 173 Å². The van der Waals surface area contributed by atoms with Gasteiger partial charge >= 0.3 is 5.97 Å². The topological polar surface area (TPSA) is 49.8 Å². The van der Waals surface area contributed by atoms with E-state index in [1.807, 2.05) is 0 Å². The minimum atomic E-state index is -0.684. The Morgan fingerprint density at radius 1 is 1.07 bits per heavy atom. The highest BCUT2D eigenvalue weighted by molar-refractivity contribution is 5.89. The van der Waals surface area contributed by atoms with Crippen molar-refractivity contribution in [1.82, 2.24) is 4.90 Å². The summed E-state index contributed by atoms with van der Waals surface area (Å²) >= 11 is 0. The Bertz CT molecular complexity index is 863.